The average molecular weight is 221 g/mol. The van der Waals surface area contributed by atoms with Gasteiger partial charge in [0.05, 0.1) is 0 Å². The van der Waals surface area contributed by atoms with Crippen LogP contribution in [-0.2, 0) is 13.1 Å². The molecule has 0 saturated heterocycles. The normalized spacial score (nSPS) is 10.9. The first-order valence-corrected chi connectivity index (χ1v) is 5.25. The summed E-state index contributed by atoms with van der Waals surface area (Å²) in [5.41, 5.74) is 13.4. The fourth-order valence-corrected chi connectivity index (χ4v) is 2.19. The van der Waals surface area contributed by atoms with Crippen LogP contribution in [0.1, 0.15) is 11.1 Å². The van der Waals surface area contributed by atoms with Gasteiger partial charge in [0.15, 0.2) is 0 Å². The summed E-state index contributed by atoms with van der Waals surface area (Å²) in [6.07, 6.45) is 0. The molecule has 0 amide bonds. The van der Waals surface area contributed by atoms with Gasteiger partial charge in [-0.05, 0) is 28.0 Å². The molecule has 0 radical (unpaired) electrons. The minimum Gasteiger partial charge on any atom is -0.326 e. The van der Waals surface area contributed by atoms with E-state index < -0.39 is 0 Å². The predicted octanol–water partition coefficient (Wildman–Crippen LogP) is 2.41. The van der Waals surface area contributed by atoms with Gasteiger partial charge in [-0.1, -0.05) is 35.9 Å². The van der Waals surface area contributed by atoms with Crippen LogP contribution in [0.4, 0.5) is 0 Å². The molecule has 3 heteroatoms. The van der Waals surface area contributed by atoms with Crippen LogP contribution in [0.15, 0.2) is 30.3 Å². The molecule has 15 heavy (non-hydrogen) atoms. The predicted molar refractivity (Wildman–Crippen MR) is 64.7 cm³/mol. The first-order valence-electron chi connectivity index (χ1n) is 4.87. The Kier molecular flexibility index (Phi) is 2.91. The van der Waals surface area contributed by atoms with Crippen molar-refractivity contribution in [2.45, 2.75) is 13.1 Å². The van der Waals surface area contributed by atoms with Gasteiger partial charge < -0.3 is 11.5 Å². The second-order valence-corrected chi connectivity index (χ2v) is 3.85. The van der Waals surface area contributed by atoms with Crippen LogP contribution in [0.3, 0.4) is 0 Å². The second kappa shape index (κ2) is 4.19. The van der Waals surface area contributed by atoms with E-state index in [0.717, 1.165) is 21.9 Å². The lowest BCUT2D eigenvalue weighted by molar-refractivity contribution is 0.992. The highest BCUT2D eigenvalue weighted by atomic mass is 35.5. The number of fused-ring (bicyclic) bond motifs is 1. The molecule has 4 N–H and O–H groups in total. The van der Waals surface area contributed by atoms with Crippen LogP contribution in [0.5, 0.6) is 0 Å². The maximum Gasteiger partial charge on any atom is 0.0460 e. The molecular formula is C12H13ClN2. The molecule has 2 aromatic carbocycles. The minimum atomic E-state index is 0.427. The quantitative estimate of drug-likeness (QED) is 0.817. The fourth-order valence-electron chi connectivity index (χ4n) is 1.88. The topological polar surface area (TPSA) is 52.0 Å². The van der Waals surface area contributed by atoms with E-state index in [4.69, 9.17) is 23.1 Å². The summed E-state index contributed by atoms with van der Waals surface area (Å²) in [5.74, 6) is 0. The fraction of sp³-hybridized carbons (Fsp3) is 0.167. The highest BCUT2D eigenvalue weighted by Gasteiger charge is 2.09. The van der Waals surface area contributed by atoms with E-state index in [0.29, 0.717) is 18.1 Å². The number of nitrogens with two attached hydrogens (primary N) is 2. The number of benzene rings is 2. The number of rotatable bonds is 2. The molecule has 2 aromatic rings. The third kappa shape index (κ3) is 1.72. The maximum absolute atomic E-state index is 6.15. The van der Waals surface area contributed by atoms with Gasteiger partial charge >= 0.3 is 0 Å². The van der Waals surface area contributed by atoms with Crippen LogP contribution in [0.25, 0.3) is 10.8 Å². The Bertz CT molecular complexity index is 494. The zero-order valence-corrected chi connectivity index (χ0v) is 9.09. The van der Waals surface area contributed by atoms with Crippen molar-refractivity contribution in [2.24, 2.45) is 11.5 Å². The molecule has 0 aromatic heterocycles. The summed E-state index contributed by atoms with van der Waals surface area (Å²) in [6.45, 7) is 0.893. The Labute approximate surface area is 93.8 Å². The van der Waals surface area contributed by atoms with E-state index in [9.17, 15) is 0 Å². The molecule has 78 valence electrons. The Hall–Kier alpha value is -1.09. The van der Waals surface area contributed by atoms with Crippen LogP contribution < -0.4 is 11.5 Å². The Morgan fingerprint density at radius 1 is 1.00 bits per heavy atom. The Morgan fingerprint density at radius 2 is 1.67 bits per heavy atom. The second-order valence-electron chi connectivity index (χ2n) is 3.44. The van der Waals surface area contributed by atoms with E-state index in [2.05, 4.69) is 0 Å². The molecule has 0 saturated carbocycles. The molecule has 0 bridgehead atoms. The molecule has 0 heterocycles. The van der Waals surface area contributed by atoms with Gasteiger partial charge in [-0.25, -0.2) is 0 Å². The van der Waals surface area contributed by atoms with Crippen molar-refractivity contribution in [3.8, 4) is 0 Å². The molecule has 0 spiro atoms. The van der Waals surface area contributed by atoms with Crippen LogP contribution >= 0.6 is 11.6 Å². The van der Waals surface area contributed by atoms with E-state index in [-0.39, 0.29) is 0 Å². The van der Waals surface area contributed by atoms with Gasteiger partial charge in [0, 0.05) is 18.1 Å². The summed E-state index contributed by atoms with van der Waals surface area (Å²) >= 11 is 6.15. The van der Waals surface area contributed by atoms with E-state index >= 15 is 0 Å². The molecule has 0 atom stereocenters. The molecular weight excluding hydrogens is 208 g/mol. The number of hydrogen-bond acceptors (Lipinski definition) is 2. The van der Waals surface area contributed by atoms with E-state index in [1.165, 1.54) is 0 Å². The van der Waals surface area contributed by atoms with Crippen LogP contribution in [0.2, 0.25) is 5.02 Å². The summed E-state index contributed by atoms with van der Waals surface area (Å²) in [5, 5.41) is 2.96. The molecule has 2 nitrogen and oxygen atoms in total. The molecule has 0 fully saturated rings. The highest BCUT2D eigenvalue weighted by molar-refractivity contribution is 6.32. The summed E-state index contributed by atoms with van der Waals surface area (Å²) in [6, 6.07) is 10.0. The van der Waals surface area contributed by atoms with Gasteiger partial charge in [-0.3, -0.25) is 0 Å². The number of hydrogen-bond donors (Lipinski definition) is 2. The van der Waals surface area contributed by atoms with Crippen molar-refractivity contribution in [1.82, 2.24) is 0 Å². The lowest BCUT2D eigenvalue weighted by Crippen LogP contribution is -2.07. The van der Waals surface area contributed by atoms with Crippen molar-refractivity contribution in [3.63, 3.8) is 0 Å². The van der Waals surface area contributed by atoms with Crippen LogP contribution in [0, 0.1) is 0 Å². The molecule has 0 aliphatic rings. The monoisotopic (exact) mass is 220 g/mol. The zero-order chi connectivity index (χ0) is 10.8. The van der Waals surface area contributed by atoms with Crippen molar-refractivity contribution in [1.29, 1.82) is 0 Å². The van der Waals surface area contributed by atoms with Crippen LogP contribution in [-0.4, -0.2) is 0 Å². The standard InChI is InChI=1S/C12H13ClN2/c13-12-5-8-3-1-2-4-9(8)10(6-14)11(12)7-15/h1-5H,6-7,14-15H2. The SMILES string of the molecule is NCc1c(Cl)cc2ccccc2c1CN. The minimum absolute atomic E-state index is 0.427. The lowest BCUT2D eigenvalue weighted by Gasteiger charge is -2.12. The Balaban J connectivity index is 2.84. The van der Waals surface area contributed by atoms with E-state index in [1.807, 2.05) is 30.3 Å². The molecule has 2 rings (SSSR count). The van der Waals surface area contributed by atoms with Gasteiger partial charge in [-0.2, -0.15) is 0 Å². The van der Waals surface area contributed by atoms with E-state index in [1.54, 1.807) is 0 Å². The summed E-state index contributed by atoms with van der Waals surface area (Å²) in [7, 11) is 0. The first-order chi connectivity index (χ1) is 7.27. The summed E-state index contributed by atoms with van der Waals surface area (Å²) < 4.78 is 0. The zero-order valence-electron chi connectivity index (χ0n) is 8.33. The molecule has 0 aliphatic heterocycles. The molecule has 0 unspecified atom stereocenters. The lowest BCUT2D eigenvalue weighted by atomic mass is 9.99. The number of halogens is 1. The van der Waals surface area contributed by atoms with Crippen molar-refractivity contribution in [3.05, 3.63) is 46.5 Å². The maximum atomic E-state index is 6.15. The molecule has 0 aliphatic carbocycles. The van der Waals surface area contributed by atoms with Crippen molar-refractivity contribution in [2.75, 3.05) is 0 Å². The first kappa shape index (κ1) is 10.4. The van der Waals surface area contributed by atoms with Crippen molar-refractivity contribution < 1.29 is 0 Å². The van der Waals surface area contributed by atoms with Gasteiger partial charge in [0.1, 0.15) is 0 Å². The largest absolute Gasteiger partial charge is 0.326 e. The van der Waals surface area contributed by atoms with Crippen molar-refractivity contribution >= 4 is 22.4 Å². The van der Waals surface area contributed by atoms with Gasteiger partial charge in [-0.15, -0.1) is 0 Å². The van der Waals surface area contributed by atoms with Gasteiger partial charge in [0.2, 0.25) is 0 Å². The average Bonchev–Trinajstić information content (AvgIpc) is 2.27. The third-order valence-corrected chi connectivity index (χ3v) is 2.97. The van der Waals surface area contributed by atoms with Gasteiger partial charge in [0.25, 0.3) is 0 Å². The summed E-state index contributed by atoms with van der Waals surface area (Å²) in [4.78, 5) is 0. The Morgan fingerprint density at radius 3 is 2.33 bits per heavy atom. The highest BCUT2D eigenvalue weighted by Crippen LogP contribution is 2.28. The third-order valence-electron chi connectivity index (χ3n) is 2.63. The smallest absolute Gasteiger partial charge is 0.0460 e.